The molecule has 1 atom stereocenters. The van der Waals surface area contributed by atoms with E-state index >= 15 is 0 Å². The first kappa shape index (κ1) is 16.7. The van der Waals surface area contributed by atoms with Crippen LogP contribution in [-0.2, 0) is 6.54 Å². The van der Waals surface area contributed by atoms with E-state index < -0.39 is 12.0 Å². The van der Waals surface area contributed by atoms with Crippen molar-refractivity contribution in [3.05, 3.63) is 77.6 Å². The SMILES string of the molecule is O=C(NC[C@@H](O)c1cccnc1)c1cn(Cc2ccc(F)cc2)nn1. The molecule has 0 spiro atoms. The molecule has 128 valence electrons. The van der Waals surface area contributed by atoms with Crippen LogP contribution in [0.4, 0.5) is 4.39 Å². The molecule has 25 heavy (non-hydrogen) atoms. The Balaban J connectivity index is 1.56. The number of halogens is 1. The van der Waals surface area contributed by atoms with Crippen LogP contribution < -0.4 is 5.32 Å². The van der Waals surface area contributed by atoms with E-state index in [1.54, 1.807) is 30.5 Å². The maximum absolute atomic E-state index is 12.9. The molecule has 1 amide bonds. The van der Waals surface area contributed by atoms with Crippen molar-refractivity contribution in [2.24, 2.45) is 0 Å². The molecule has 3 rings (SSSR count). The zero-order valence-electron chi connectivity index (χ0n) is 13.2. The minimum atomic E-state index is -0.855. The molecule has 0 unspecified atom stereocenters. The summed E-state index contributed by atoms with van der Waals surface area (Å²) in [6, 6.07) is 9.44. The molecular formula is C17H16FN5O2. The van der Waals surface area contributed by atoms with Gasteiger partial charge >= 0.3 is 0 Å². The Morgan fingerprint density at radius 2 is 2.08 bits per heavy atom. The summed E-state index contributed by atoms with van der Waals surface area (Å²) in [6.07, 6.45) is 3.78. The third-order valence-electron chi connectivity index (χ3n) is 3.55. The second-order valence-corrected chi connectivity index (χ2v) is 5.44. The van der Waals surface area contributed by atoms with Crippen molar-refractivity contribution in [1.29, 1.82) is 0 Å². The standard InChI is InChI=1S/C17H16FN5O2/c18-14-5-3-12(4-6-14)10-23-11-15(21-22-23)17(25)20-9-16(24)13-2-1-7-19-8-13/h1-8,11,16,24H,9-10H2,(H,20,25)/t16-/m1/s1. The van der Waals surface area contributed by atoms with Crippen molar-refractivity contribution in [1.82, 2.24) is 25.3 Å². The summed E-state index contributed by atoms with van der Waals surface area (Å²) >= 11 is 0. The number of nitrogens with zero attached hydrogens (tertiary/aromatic N) is 4. The van der Waals surface area contributed by atoms with E-state index in [1.807, 2.05) is 0 Å². The van der Waals surface area contributed by atoms with Crippen LogP contribution in [0.3, 0.4) is 0 Å². The Morgan fingerprint density at radius 1 is 1.28 bits per heavy atom. The molecule has 7 nitrogen and oxygen atoms in total. The van der Waals surface area contributed by atoms with Crippen molar-refractivity contribution in [3.8, 4) is 0 Å². The van der Waals surface area contributed by atoms with Crippen LogP contribution in [-0.4, -0.2) is 37.5 Å². The molecular weight excluding hydrogens is 325 g/mol. The molecule has 0 saturated heterocycles. The largest absolute Gasteiger partial charge is 0.387 e. The highest BCUT2D eigenvalue weighted by Gasteiger charge is 2.14. The molecule has 0 bridgehead atoms. The van der Waals surface area contributed by atoms with Crippen molar-refractivity contribution in [2.45, 2.75) is 12.6 Å². The molecule has 0 aliphatic carbocycles. The fourth-order valence-corrected chi connectivity index (χ4v) is 2.23. The highest BCUT2D eigenvalue weighted by atomic mass is 19.1. The van der Waals surface area contributed by atoms with Gasteiger partial charge in [0, 0.05) is 24.5 Å². The van der Waals surface area contributed by atoms with E-state index in [0.717, 1.165) is 5.56 Å². The predicted molar refractivity (Wildman–Crippen MR) is 87.1 cm³/mol. The van der Waals surface area contributed by atoms with E-state index in [1.165, 1.54) is 29.2 Å². The first-order valence-corrected chi connectivity index (χ1v) is 7.62. The number of nitrogens with one attached hydrogen (secondary N) is 1. The summed E-state index contributed by atoms with van der Waals surface area (Å²) in [5.74, 6) is -0.747. The van der Waals surface area contributed by atoms with Crippen LogP contribution >= 0.6 is 0 Å². The average molecular weight is 341 g/mol. The first-order chi connectivity index (χ1) is 12.1. The second-order valence-electron chi connectivity index (χ2n) is 5.44. The summed E-state index contributed by atoms with van der Waals surface area (Å²) in [5, 5.41) is 20.3. The number of amides is 1. The zero-order chi connectivity index (χ0) is 17.6. The van der Waals surface area contributed by atoms with Gasteiger partial charge in [-0.2, -0.15) is 0 Å². The van der Waals surface area contributed by atoms with Crippen LogP contribution in [0.25, 0.3) is 0 Å². The van der Waals surface area contributed by atoms with Gasteiger partial charge in [-0.3, -0.25) is 9.78 Å². The number of carbonyl (C=O) groups excluding carboxylic acids is 1. The van der Waals surface area contributed by atoms with E-state index in [4.69, 9.17) is 0 Å². The third kappa shape index (κ3) is 4.45. The topological polar surface area (TPSA) is 92.9 Å². The molecule has 0 fully saturated rings. The number of benzene rings is 1. The van der Waals surface area contributed by atoms with E-state index in [-0.39, 0.29) is 18.1 Å². The summed E-state index contributed by atoms with van der Waals surface area (Å²) < 4.78 is 14.4. The average Bonchev–Trinajstić information content (AvgIpc) is 3.10. The monoisotopic (exact) mass is 341 g/mol. The molecule has 1 aromatic carbocycles. The Labute approximate surface area is 143 Å². The van der Waals surface area contributed by atoms with E-state index in [9.17, 15) is 14.3 Å². The predicted octanol–water partition coefficient (Wildman–Crippen LogP) is 1.32. The summed E-state index contributed by atoms with van der Waals surface area (Å²) in [5.41, 5.74) is 1.59. The third-order valence-corrected chi connectivity index (χ3v) is 3.55. The highest BCUT2D eigenvalue weighted by molar-refractivity contribution is 5.91. The van der Waals surface area contributed by atoms with E-state index in [2.05, 4.69) is 20.6 Å². The van der Waals surface area contributed by atoms with Crippen LogP contribution in [0.2, 0.25) is 0 Å². The van der Waals surface area contributed by atoms with Crippen LogP contribution in [0.1, 0.15) is 27.7 Å². The zero-order valence-corrected chi connectivity index (χ0v) is 13.2. The Morgan fingerprint density at radius 3 is 2.80 bits per heavy atom. The number of pyridine rings is 1. The van der Waals surface area contributed by atoms with Gasteiger partial charge in [-0.15, -0.1) is 5.10 Å². The maximum Gasteiger partial charge on any atom is 0.273 e. The number of aromatic nitrogens is 4. The Bertz CT molecular complexity index is 836. The van der Waals surface area contributed by atoms with Crippen LogP contribution in [0, 0.1) is 5.82 Å². The van der Waals surface area contributed by atoms with Crippen molar-refractivity contribution >= 4 is 5.91 Å². The van der Waals surface area contributed by atoms with Crippen molar-refractivity contribution < 1.29 is 14.3 Å². The van der Waals surface area contributed by atoms with E-state index in [0.29, 0.717) is 12.1 Å². The van der Waals surface area contributed by atoms with Gasteiger partial charge in [-0.25, -0.2) is 9.07 Å². The Hall–Kier alpha value is -3.13. The van der Waals surface area contributed by atoms with Crippen LogP contribution in [0.5, 0.6) is 0 Å². The lowest BCUT2D eigenvalue weighted by molar-refractivity contribution is 0.0911. The van der Waals surface area contributed by atoms with Gasteiger partial charge in [0.2, 0.25) is 0 Å². The molecule has 0 saturated carbocycles. The number of hydrogen-bond acceptors (Lipinski definition) is 5. The lowest BCUT2D eigenvalue weighted by Crippen LogP contribution is -2.28. The van der Waals surface area contributed by atoms with Gasteiger partial charge in [0.1, 0.15) is 5.82 Å². The summed E-state index contributed by atoms with van der Waals surface area (Å²) in [7, 11) is 0. The summed E-state index contributed by atoms with van der Waals surface area (Å²) in [4.78, 5) is 16.0. The smallest absolute Gasteiger partial charge is 0.273 e. The van der Waals surface area contributed by atoms with Crippen molar-refractivity contribution in [3.63, 3.8) is 0 Å². The molecule has 0 aliphatic rings. The van der Waals surface area contributed by atoms with Gasteiger partial charge < -0.3 is 10.4 Å². The van der Waals surface area contributed by atoms with Gasteiger partial charge in [0.05, 0.1) is 18.8 Å². The number of rotatable bonds is 6. The molecule has 3 aromatic rings. The molecule has 0 aliphatic heterocycles. The fourth-order valence-electron chi connectivity index (χ4n) is 2.23. The number of hydrogen-bond donors (Lipinski definition) is 2. The second kappa shape index (κ2) is 7.63. The number of aliphatic hydroxyl groups is 1. The fraction of sp³-hybridized carbons (Fsp3) is 0.176. The quantitative estimate of drug-likeness (QED) is 0.705. The highest BCUT2D eigenvalue weighted by Crippen LogP contribution is 2.09. The van der Waals surface area contributed by atoms with Gasteiger partial charge in [0.25, 0.3) is 5.91 Å². The lowest BCUT2D eigenvalue weighted by atomic mass is 10.1. The van der Waals surface area contributed by atoms with Gasteiger partial charge in [-0.05, 0) is 23.8 Å². The summed E-state index contributed by atoms with van der Waals surface area (Å²) in [6.45, 7) is 0.411. The minimum absolute atomic E-state index is 0.0371. The number of carbonyl (C=O) groups is 1. The lowest BCUT2D eigenvalue weighted by Gasteiger charge is -2.10. The van der Waals surface area contributed by atoms with Gasteiger partial charge in [-0.1, -0.05) is 23.4 Å². The molecule has 8 heteroatoms. The molecule has 2 N–H and O–H groups in total. The molecule has 2 aromatic heterocycles. The Kier molecular flexibility index (Phi) is 5.10. The maximum atomic E-state index is 12.9. The minimum Gasteiger partial charge on any atom is -0.387 e. The van der Waals surface area contributed by atoms with Gasteiger partial charge in [0.15, 0.2) is 5.69 Å². The number of aliphatic hydroxyl groups excluding tert-OH is 1. The van der Waals surface area contributed by atoms with Crippen LogP contribution in [0.15, 0.2) is 55.0 Å². The molecule has 0 radical (unpaired) electrons. The normalized spacial score (nSPS) is 11.9. The van der Waals surface area contributed by atoms with Crippen molar-refractivity contribution in [2.75, 3.05) is 6.54 Å². The first-order valence-electron chi connectivity index (χ1n) is 7.62. The molecule has 2 heterocycles.